The maximum Gasteiger partial charge on any atom is 0.123 e. The van der Waals surface area contributed by atoms with E-state index in [1.165, 1.54) is 17.3 Å². The number of aryl methyl sites for hydroxylation is 1. The summed E-state index contributed by atoms with van der Waals surface area (Å²) in [5.74, 6) is -0.160. The molecule has 0 saturated carbocycles. The number of anilines is 1. The molecule has 0 spiro atoms. The van der Waals surface area contributed by atoms with Gasteiger partial charge in [-0.15, -0.1) is 0 Å². The number of hydrogen-bond donors (Lipinski definition) is 0. The largest absolute Gasteiger partial charge is 0.380 e. The molecular formula is C21H26FN3O. The van der Waals surface area contributed by atoms with Gasteiger partial charge in [0.15, 0.2) is 0 Å². The fourth-order valence-electron chi connectivity index (χ4n) is 4.27. The first-order chi connectivity index (χ1) is 12.7. The van der Waals surface area contributed by atoms with E-state index in [1.54, 1.807) is 6.07 Å². The molecule has 0 amide bonds. The van der Waals surface area contributed by atoms with E-state index in [4.69, 9.17) is 4.74 Å². The third-order valence-electron chi connectivity index (χ3n) is 5.77. The average molecular weight is 355 g/mol. The van der Waals surface area contributed by atoms with E-state index >= 15 is 0 Å². The maximum absolute atomic E-state index is 13.8. The van der Waals surface area contributed by atoms with Gasteiger partial charge < -0.3 is 9.64 Å². The molecule has 0 N–H and O–H groups in total. The van der Waals surface area contributed by atoms with Crippen molar-refractivity contribution in [2.75, 3.05) is 50.8 Å². The summed E-state index contributed by atoms with van der Waals surface area (Å²) in [6, 6.07) is 9.17. The normalized spacial score (nSPS) is 24.2. The molecule has 1 atom stereocenters. The number of halogens is 1. The summed E-state index contributed by atoms with van der Waals surface area (Å²) in [7, 11) is 0. The smallest absolute Gasteiger partial charge is 0.123 e. The number of nitrogens with zero attached hydrogens (tertiary/aromatic N) is 3. The fraction of sp³-hybridized carbons (Fsp3) is 0.476. The van der Waals surface area contributed by atoms with Crippen molar-refractivity contribution in [2.24, 2.45) is 0 Å². The summed E-state index contributed by atoms with van der Waals surface area (Å²) in [4.78, 5) is 9.14. The van der Waals surface area contributed by atoms with Crippen LogP contribution in [-0.4, -0.2) is 55.8 Å². The second kappa shape index (κ2) is 7.33. The number of aromatic nitrogens is 1. The zero-order valence-electron chi connectivity index (χ0n) is 15.3. The molecule has 2 aliphatic heterocycles. The average Bonchev–Trinajstić information content (AvgIpc) is 3.13. The van der Waals surface area contributed by atoms with Crippen molar-refractivity contribution in [3.63, 3.8) is 0 Å². The van der Waals surface area contributed by atoms with E-state index in [0.29, 0.717) is 6.61 Å². The molecule has 1 unspecified atom stereocenters. The van der Waals surface area contributed by atoms with Gasteiger partial charge in [-0.1, -0.05) is 12.1 Å². The maximum atomic E-state index is 13.8. The summed E-state index contributed by atoms with van der Waals surface area (Å²) in [6.45, 7) is 8.52. The molecule has 5 heteroatoms. The molecule has 2 fully saturated rings. The summed E-state index contributed by atoms with van der Waals surface area (Å²) in [5.41, 5.74) is 3.49. The highest BCUT2D eigenvalue weighted by Gasteiger charge is 2.39. The Morgan fingerprint density at radius 3 is 2.73 bits per heavy atom. The number of ether oxygens (including phenoxy) is 1. The Balaban J connectivity index is 1.45. The molecule has 0 bridgehead atoms. The number of pyridine rings is 1. The molecule has 26 heavy (non-hydrogen) atoms. The third kappa shape index (κ3) is 3.46. The highest BCUT2D eigenvalue weighted by Crippen LogP contribution is 2.35. The van der Waals surface area contributed by atoms with Crippen LogP contribution >= 0.6 is 0 Å². The molecule has 4 rings (SSSR count). The second-order valence-corrected chi connectivity index (χ2v) is 7.52. The Hall–Kier alpha value is -1.98. The quantitative estimate of drug-likeness (QED) is 0.843. The zero-order valence-corrected chi connectivity index (χ0v) is 15.3. The molecule has 0 aliphatic carbocycles. The van der Waals surface area contributed by atoms with Gasteiger partial charge in [0.2, 0.25) is 0 Å². The van der Waals surface area contributed by atoms with Gasteiger partial charge in [0.05, 0.1) is 6.61 Å². The Morgan fingerprint density at radius 2 is 2.04 bits per heavy atom. The van der Waals surface area contributed by atoms with E-state index in [-0.39, 0.29) is 11.2 Å². The molecule has 2 aliphatic rings. The van der Waals surface area contributed by atoms with Crippen molar-refractivity contribution >= 4 is 5.69 Å². The highest BCUT2D eigenvalue weighted by molar-refractivity contribution is 5.51. The first-order valence-electron chi connectivity index (χ1n) is 9.38. The first kappa shape index (κ1) is 17.4. The van der Waals surface area contributed by atoms with Crippen molar-refractivity contribution in [1.82, 2.24) is 9.88 Å². The lowest BCUT2D eigenvalue weighted by atomic mass is 9.79. The number of rotatable bonds is 4. The van der Waals surface area contributed by atoms with E-state index in [0.717, 1.165) is 51.3 Å². The van der Waals surface area contributed by atoms with Gasteiger partial charge in [0.1, 0.15) is 5.82 Å². The molecule has 4 nitrogen and oxygen atoms in total. The van der Waals surface area contributed by atoms with Crippen LogP contribution in [0.15, 0.2) is 42.7 Å². The van der Waals surface area contributed by atoms with Crippen LogP contribution in [0, 0.1) is 12.7 Å². The van der Waals surface area contributed by atoms with Crippen LogP contribution in [0.25, 0.3) is 0 Å². The number of benzene rings is 1. The van der Waals surface area contributed by atoms with Gasteiger partial charge in [-0.25, -0.2) is 4.39 Å². The molecule has 1 aromatic heterocycles. The van der Waals surface area contributed by atoms with Crippen molar-refractivity contribution in [3.05, 3.63) is 59.7 Å². The van der Waals surface area contributed by atoms with E-state index in [2.05, 4.69) is 27.8 Å². The van der Waals surface area contributed by atoms with Gasteiger partial charge in [0.25, 0.3) is 0 Å². The zero-order chi connectivity index (χ0) is 18.0. The molecule has 1 aromatic carbocycles. The summed E-state index contributed by atoms with van der Waals surface area (Å²) >= 11 is 0. The molecule has 2 aromatic rings. The molecule has 138 valence electrons. The second-order valence-electron chi connectivity index (χ2n) is 7.52. The van der Waals surface area contributed by atoms with Crippen LogP contribution in [0.2, 0.25) is 0 Å². The van der Waals surface area contributed by atoms with Crippen molar-refractivity contribution in [1.29, 1.82) is 0 Å². The Kier molecular flexibility index (Phi) is 4.92. The standard InChI is InChI=1S/C21H26FN3O/c1-17-14-23-7-5-20(17)25-10-8-24(9-11-25)15-21(6-12-26-16-21)18-3-2-4-19(22)13-18/h2-5,7,13-14H,6,8-12,15-16H2,1H3. The van der Waals surface area contributed by atoms with Crippen molar-refractivity contribution in [3.8, 4) is 0 Å². The van der Waals surface area contributed by atoms with Crippen LogP contribution in [-0.2, 0) is 10.2 Å². The monoisotopic (exact) mass is 355 g/mol. The topological polar surface area (TPSA) is 28.6 Å². The Bertz CT molecular complexity index is 752. The van der Waals surface area contributed by atoms with Crippen molar-refractivity contribution < 1.29 is 9.13 Å². The van der Waals surface area contributed by atoms with Crippen LogP contribution < -0.4 is 4.90 Å². The van der Waals surface area contributed by atoms with Crippen LogP contribution in [0.1, 0.15) is 17.5 Å². The van der Waals surface area contributed by atoms with Crippen LogP contribution in [0.4, 0.5) is 10.1 Å². The summed E-state index contributed by atoms with van der Waals surface area (Å²) in [5, 5.41) is 0. The lowest BCUT2D eigenvalue weighted by Gasteiger charge is -2.41. The van der Waals surface area contributed by atoms with Gasteiger partial charge in [0, 0.05) is 62.8 Å². The number of piperazine rings is 1. The van der Waals surface area contributed by atoms with Crippen LogP contribution in [0.5, 0.6) is 0 Å². The summed E-state index contributed by atoms with van der Waals surface area (Å²) in [6.07, 6.45) is 4.75. The highest BCUT2D eigenvalue weighted by atomic mass is 19.1. The predicted octanol–water partition coefficient (Wildman–Crippen LogP) is 3.01. The van der Waals surface area contributed by atoms with Gasteiger partial charge in [-0.05, 0) is 42.7 Å². The van der Waals surface area contributed by atoms with E-state index in [9.17, 15) is 4.39 Å². The minimum absolute atomic E-state index is 0.0865. The fourth-order valence-corrected chi connectivity index (χ4v) is 4.27. The minimum Gasteiger partial charge on any atom is -0.380 e. The van der Waals surface area contributed by atoms with Gasteiger partial charge in [-0.3, -0.25) is 9.88 Å². The van der Waals surface area contributed by atoms with E-state index < -0.39 is 0 Å². The van der Waals surface area contributed by atoms with Crippen LogP contribution in [0.3, 0.4) is 0 Å². The minimum atomic E-state index is -0.160. The van der Waals surface area contributed by atoms with Crippen molar-refractivity contribution in [2.45, 2.75) is 18.8 Å². The molecular weight excluding hydrogens is 329 g/mol. The van der Waals surface area contributed by atoms with Gasteiger partial charge >= 0.3 is 0 Å². The molecule has 0 radical (unpaired) electrons. The SMILES string of the molecule is Cc1cnccc1N1CCN(CC2(c3cccc(F)c3)CCOC2)CC1. The number of hydrogen-bond acceptors (Lipinski definition) is 4. The Labute approximate surface area is 154 Å². The predicted molar refractivity (Wildman–Crippen MR) is 101 cm³/mol. The van der Waals surface area contributed by atoms with E-state index in [1.807, 2.05) is 24.5 Å². The molecule has 2 saturated heterocycles. The lowest BCUT2D eigenvalue weighted by molar-refractivity contribution is 0.147. The third-order valence-corrected chi connectivity index (χ3v) is 5.77. The Morgan fingerprint density at radius 1 is 1.19 bits per heavy atom. The molecule has 3 heterocycles. The first-order valence-corrected chi connectivity index (χ1v) is 9.38. The lowest BCUT2D eigenvalue weighted by Crippen LogP contribution is -2.51. The van der Waals surface area contributed by atoms with Gasteiger partial charge in [-0.2, -0.15) is 0 Å². The summed E-state index contributed by atoms with van der Waals surface area (Å²) < 4.78 is 19.5.